The molecule has 2 aromatic rings. The van der Waals surface area contributed by atoms with Crippen LogP contribution in [0.25, 0.3) is 10.9 Å². The van der Waals surface area contributed by atoms with Gasteiger partial charge in [-0.1, -0.05) is 19.4 Å². The van der Waals surface area contributed by atoms with Gasteiger partial charge in [0.1, 0.15) is 11.1 Å². The summed E-state index contributed by atoms with van der Waals surface area (Å²) in [6, 6.07) is 5.05. The molecular formula is C22H18BrNO4. The molecule has 6 heteroatoms. The van der Waals surface area contributed by atoms with E-state index in [1.54, 1.807) is 22.8 Å². The Labute approximate surface area is 172 Å². The third-order valence-electron chi connectivity index (χ3n) is 3.86. The van der Waals surface area contributed by atoms with Crippen molar-refractivity contribution >= 4 is 38.8 Å². The van der Waals surface area contributed by atoms with Crippen molar-refractivity contribution in [2.45, 2.75) is 26.3 Å². The second-order valence-corrected chi connectivity index (χ2v) is 6.44. The molecule has 0 atom stereocenters. The van der Waals surface area contributed by atoms with E-state index < -0.39 is 5.97 Å². The first-order chi connectivity index (χ1) is 13.5. The van der Waals surface area contributed by atoms with Gasteiger partial charge in [0.25, 0.3) is 0 Å². The summed E-state index contributed by atoms with van der Waals surface area (Å²) in [4.78, 5) is 24.1. The second-order valence-electron chi connectivity index (χ2n) is 5.69. The maximum absolute atomic E-state index is 12.2. The van der Waals surface area contributed by atoms with Crippen molar-refractivity contribution in [2.75, 3.05) is 13.7 Å². The first-order valence-electron chi connectivity index (χ1n) is 8.55. The van der Waals surface area contributed by atoms with Crippen LogP contribution in [0.4, 0.5) is 0 Å². The number of terminal acetylenes is 1. The number of methoxy groups -OCH3 is 1. The van der Waals surface area contributed by atoms with Crippen molar-refractivity contribution in [1.82, 2.24) is 4.57 Å². The van der Waals surface area contributed by atoms with Crippen LogP contribution in [-0.2, 0) is 20.8 Å². The van der Waals surface area contributed by atoms with Crippen molar-refractivity contribution in [3.8, 4) is 36.0 Å². The van der Waals surface area contributed by atoms with Gasteiger partial charge in [-0.3, -0.25) is 4.79 Å². The number of benzene rings is 1. The van der Waals surface area contributed by atoms with Crippen LogP contribution in [0.15, 0.2) is 22.8 Å². The van der Waals surface area contributed by atoms with Gasteiger partial charge in [0.15, 0.2) is 0 Å². The molecule has 5 nitrogen and oxygen atoms in total. The Hall–Kier alpha value is -3.14. The van der Waals surface area contributed by atoms with E-state index in [4.69, 9.17) is 15.9 Å². The van der Waals surface area contributed by atoms with Crippen molar-refractivity contribution in [3.05, 3.63) is 33.9 Å². The number of rotatable bonds is 6. The van der Waals surface area contributed by atoms with Gasteiger partial charge in [-0.2, -0.15) is 0 Å². The number of carbonyl (C=O) groups is 2. The molecular weight excluding hydrogens is 422 g/mol. The maximum Gasteiger partial charge on any atom is 0.337 e. The minimum Gasteiger partial charge on any atom is -0.465 e. The highest BCUT2D eigenvalue weighted by Gasteiger charge is 2.19. The molecule has 0 N–H and O–H groups in total. The molecule has 28 heavy (non-hydrogen) atoms. The van der Waals surface area contributed by atoms with E-state index in [0.29, 0.717) is 27.9 Å². The zero-order chi connectivity index (χ0) is 20.5. The maximum atomic E-state index is 12.2. The molecule has 142 valence electrons. The lowest BCUT2D eigenvalue weighted by atomic mass is 10.1. The minimum atomic E-state index is -0.469. The van der Waals surface area contributed by atoms with Gasteiger partial charge >= 0.3 is 11.9 Å². The highest BCUT2D eigenvalue weighted by Crippen LogP contribution is 2.31. The summed E-state index contributed by atoms with van der Waals surface area (Å²) in [6.07, 6.45) is 6.83. The average molecular weight is 440 g/mol. The zero-order valence-corrected chi connectivity index (χ0v) is 17.2. The van der Waals surface area contributed by atoms with Crippen molar-refractivity contribution in [1.29, 1.82) is 0 Å². The Morgan fingerprint density at radius 2 is 2.04 bits per heavy atom. The monoisotopic (exact) mass is 439 g/mol. The Balaban J connectivity index is 2.53. The number of aromatic nitrogens is 1. The summed E-state index contributed by atoms with van der Waals surface area (Å²) in [7, 11) is 1.31. The number of hydrogen-bond acceptors (Lipinski definition) is 4. The largest absolute Gasteiger partial charge is 0.465 e. The number of ether oxygens (including phenoxy) is 2. The fraction of sp³-hybridized carbons (Fsp3) is 0.273. The van der Waals surface area contributed by atoms with Crippen LogP contribution in [0.1, 0.15) is 35.7 Å². The molecule has 0 amide bonds. The molecule has 0 bridgehead atoms. The lowest BCUT2D eigenvalue weighted by molar-refractivity contribution is -0.144. The topological polar surface area (TPSA) is 57.5 Å². The molecule has 0 saturated heterocycles. The summed E-state index contributed by atoms with van der Waals surface area (Å²) in [5, 5.41) is 0.760. The van der Waals surface area contributed by atoms with Crippen LogP contribution in [0.2, 0.25) is 0 Å². The SMILES string of the molecule is C#CC#CC#Cc1c(Br)n(CC(=O)OCCCC)c2cc(C(=O)OC)ccc12. The van der Waals surface area contributed by atoms with E-state index in [1.807, 2.05) is 6.92 Å². The van der Waals surface area contributed by atoms with E-state index >= 15 is 0 Å². The highest BCUT2D eigenvalue weighted by atomic mass is 79.9. The smallest absolute Gasteiger partial charge is 0.337 e. The normalized spacial score (nSPS) is 9.50. The molecule has 0 aliphatic heterocycles. The van der Waals surface area contributed by atoms with E-state index in [2.05, 4.69) is 45.5 Å². The predicted octanol–water partition coefficient (Wildman–Crippen LogP) is 3.52. The molecule has 0 radical (unpaired) electrons. The molecule has 1 aromatic heterocycles. The van der Waals surface area contributed by atoms with E-state index in [0.717, 1.165) is 18.2 Å². The summed E-state index contributed by atoms with van der Waals surface area (Å²) in [5.74, 6) is 12.0. The van der Waals surface area contributed by atoms with Crippen LogP contribution in [0, 0.1) is 36.0 Å². The molecule has 1 heterocycles. The van der Waals surface area contributed by atoms with Crippen molar-refractivity contribution < 1.29 is 19.1 Å². The molecule has 2 rings (SSSR count). The van der Waals surface area contributed by atoms with Gasteiger partial charge in [0.2, 0.25) is 0 Å². The molecule has 0 fully saturated rings. The van der Waals surface area contributed by atoms with Gasteiger partial charge < -0.3 is 14.0 Å². The Kier molecular flexibility index (Phi) is 7.76. The van der Waals surface area contributed by atoms with Crippen molar-refractivity contribution in [3.63, 3.8) is 0 Å². The number of unbranched alkanes of at least 4 members (excludes halogenated alkanes) is 1. The summed E-state index contributed by atoms with van der Waals surface area (Å²) in [5.41, 5.74) is 1.66. The highest BCUT2D eigenvalue weighted by molar-refractivity contribution is 9.10. The number of carbonyl (C=O) groups excluding carboxylic acids is 2. The molecule has 1 aromatic carbocycles. The molecule has 0 aliphatic carbocycles. The molecule has 0 spiro atoms. The Bertz CT molecular complexity index is 1070. The molecule has 0 aliphatic rings. The third-order valence-corrected chi connectivity index (χ3v) is 4.68. The summed E-state index contributed by atoms with van der Waals surface area (Å²) < 4.78 is 12.3. The minimum absolute atomic E-state index is 0.0247. The quantitative estimate of drug-likeness (QED) is 0.392. The lowest BCUT2D eigenvalue weighted by Crippen LogP contribution is -2.14. The summed E-state index contributed by atoms with van der Waals surface area (Å²) in [6.45, 7) is 2.36. The van der Waals surface area contributed by atoms with Crippen LogP contribution in [-0.4, -0.2) is 30.2 Å². The fourth-order valence-corrected chi connectivity index (χ4v) is 3.13. The van der Waals surface area contributed by atoms with Crippen LogP contribution < -0.4 is 0 Å². The van der Waals surface area contributed by atoms with Gasteiger partial charge in [0.05, 0.1) is 30.4 Å². The van der Waals surface area contributed by atoms with Crippen LogP contribution in [0.3, 0.4) is 0 Å². The van der Waals surface area contributed by atoms with Crippen LogP contribution >= 0.6 is 15.9 Å². The van der Waals surface area contributed by atoms with Crippen LogP contribution in [0.5, 0.6) is 0 Å². The van der Waals surface area contributed by atoms with Gasteiger partial charge in [-0.05, 0) is 64.1 Å². The second kappa shape index (κ2) is 10.3. The Morgan fingerprint density at radius 1 is 1.25 bits per heavy atom. The number of esters is 2. The van der Waals surface area contributed by atoms with Crippen molar-refractivity contribution in [2.24, 2.45) is 0 Å². The van der Waals surface area contributed by atoms with Gasteiger partial charge in [-0.15, -0.1) is 6.42 Å². The standard InChI is InChI=1S/C22H18BrNO4/c1-4-6-8-9-10-18-17-12-11-16(22(26)27-3)14-19(17)24(21(18)23)15-20(25)28-13-7-5-2/h1,11-12,14H,5,7,13,15H2,2-3H3. The van der Waals surface area contributed by atoms with E-state index in [9.17, 15) is 9.59 Å². The van der Waals surface area contributed by atoms with E-state index in [-0.39, 0.29) is 12.5 Å². The summed E-state index contributed by atoms with van der Waals surface area (Å²) >= 11 is 3.50. The zero-order valence-electron chi connectivity index (χ0n) is 15.6. The lowest BCUT2D eigenvalue weighted by Gasteiger charge is -2.08. The first kappa shape index (κ1) is 21.2. The number of hydrogen-bond donors (Lipinski definition) is 0. The first-order valence-corrected chi connectivity index (χ1v) is 9.35. The van der Waals surface area contributed by atoms with E-state index in [1.165, 1.54) is 7.11 Å². The van der Waals surface area contributed by atoms with Gasteiger partial charge in [-0.25, -0.2) is 4.79 Å². The Morgan fingerprint density at radius 3 is 2.71 bits per heavy atom. The third kappa shape index (κ3) is 4.97. The molecule has 0 saturated carbocycles. The fourth-order valence-electron chi connectivity index (χ4n) is 2.50. The number of nitrogens with zero attached hydrogens (tertiary/aromatic N) is 1. The predicted molar refractivity (Wildman–Crippen MR) is 110 cm³/mol. The molecule has 0 unspecified atom stereocenters. The number of halogens is 1. The number of fused-ring (bicyclic) bond motifs is 1. The van der Waals surface area contributed by atoms with Gasteiger partial charge in [0, 0.05) is 5.39 Å². The average Bonchev–Trinajstić information content (AvgIpc) is 2.95.